The van der Waals surface area contributed by atoms with Crippen LogP contribution in [0.25, 0.3) is 0 Å². The van der Waals surface area contributed by atoms with Gasteiger partial charge in [-0.15, -0.1) is 0 Å². The molecule has 1 aliphatic rings. The van der Waals surface area contributed by atoms with Crippen molar-refractivity contribution in [2.45, 2.75) is 39.2 Å². The normalized spacial score (nSPS) is 16.1. The van der Waals surface area contributed by atoms with E-state index >= 15 is 0 Å². The summed E-state index contributed by atoms with van der Waals surface area (Å²) in [5.74, 6) is 1.21. The van der Waals surface area contributed by atoms with Crippen molar-refractivity contribution < 1.29 is 14.3 Å². The second kappa shape index (κ2) is 6.35. The number of carbonyl (C=O) groups is 1. The van der Waals surface area contributed by atoms with Crippen molar-refractivity contribution in [3.8, 4) is 11.5 Å². The van der Waals surface area contributed by atoms with Crippen molar-refractivity contribution in [1.29, 1.82) is 0 Å². The molecule has 0 fully saturated rings. The molecule has 0 aromatic heterocycles. The summed E-state index contributed by atoms with van der Waals surface area (Å²) in [4.78, 5) is 11.1. The van der Waals surface area contributed by atoms with Gasteiger partial charge in [0.2, 0.25) is 5.91 Å². The molecule has 0 saturated carbocycles. The standard InChI is InChI=1S/C16H24N2O3/c1-16(2,10-15(18)19)9-12(17)11-4-5-13-14(8-11)21-7-3-6-20-13/h4-5,8,12H,3,6-7,9-10,17H2,1-2H3,(H2,18,19). The van der Waals surface area contributed by atoms with Crippen LogP contribution in [-0.4, -0.2) is 19.1 Å². The molecule has 1 heterocycles. The summed E-state index contributed by atoms with van der Waals surface area (Å²) in [7, 11) is 0. The zero-order valence-corrected chi connectivity index (χ0v) is 12.7. The molecule has 1 unspecified atom stereocenters. The Labute approximate surface area is 125 Å². The number of amides is 1. The highest BCUT2D eigenvalue weighted by molar-refractivity contribution is 5.74. The van der Waals surface area contributed by atoms with Crippen LogP contribution < -0.4 is 20.9 Å². The number of primary amides is 1. The van der Waals surface area contributed by atoms with Gasteiger partial charge in [-0.3, -0.25) is 4.79 Å². The van der Waals surface area contributed by atoms with Crippen LogP contribution in [0.3, 0.4) is 0 Å². The minimum Gasteiger partial charge on any atom is -0.490 e. The Kier molecular flexibility index (Phi) is 4.73. The average Bonchev–Trinajstić information content (AvgIpc) is 2.60. The first-order valence-corrected chi connectivity index (χ1v) is 7.31. The first-order chi connectivity index (χ1) is 9.87. The number of carbonyl (C=O) groups excluding carboxylic acids is 1. The van der Waals surface area contributed by atoms with E-state index < -0.39 is 0 Å². The van der Waals surface area contributed by atoms with Crippen LogP contribution in [0.5, 0.6) is 11.5 Å². The van der Waals surface area contributed by atoms with E-state index in [0.717, 1.165) is 23.5 Å². The molecule has 5 nitrogen and oxygen atoms in total. The summed E-state index contributed by atoms with van der Waals surface area (Å²) in [5, 5.41) is 0. The van der Waals surface area contributed by atoms with E-state index in [9.17, 15) is 4.79 Å². The molecule has 1 atom stereocenters. The van der Waals surface area contributed by atoms with Gasteiger partial charge in [0, 0.05) is 18.9 Å². The molecule has 1 aromatic rings. The number of rotatable bonds is 5. The SMILES string of the molecule is CC(C)(CC(N)=O)CC(N)c1ccc2c(c1)OCCCO2. The minimum atomic E-state index is -0.300. The lowest BCUT2D eigenvalue weighted by Crippen LogP contribution is -2.27. The van der Waals surface area contributed by atoms with Crippen molar-refractivity contribution in [1.82, 2.24) is 0 Å². The van der Waals surface area contributed by atoms with Gasteiger partial charge in [-0.05, 0) is 29.5 Å². The van der Waals surface area contributed by atoms with Gasteiger partial charge in [0.15, 0.2) is 11.5 Å². The summed E-state index contributed by atoms with van der Waals surface area (Å²) in [6.45, 7) is 5.32. The number of fused-ring (bicyclic) bond motifs is 1. The Balaban J connectivity index is 2.10. The Hall–Kier alpha value is -1.75. The second-order valence-corrected chi connectivity index (χ2v) is 6.37. The van der Waals surface area contributed by atoms with Gasteiger partial charge in [0.25, 0.3) is 0 Å². The maximum absolute atomic E-state index is 11.1. The second-order valence-electron chi connectivity index (χ2n) is 6.37. The van der Waals surface area contributed by atoms with E-state index in [2.05, 4.69) is 0 Å². The van der Waals surface area contributed by atoms with Crippen LogP contribution in [0.1, 0.15) is 44.7 Å². The lowest BCUT2D eigenvalue weighted by Gasteiger charge is -2.27. The molecule has 0 spiro atoms. The van der Waals surface area contributed by atoms with Crippen LogP contribution in [0, 0.1) is 5.41 Å². The Morgan fingerprint density at radius 2 is 1.95 bits per heavy atom. The molecule has 1 amide bonds. The van der Waals surface area contributed by atoms with Crippen LogP contribution in [0.15, 0.2) is 18.2 Å². The summed E-state index contributed by atoms with van der Waals surface area (Å²) in [5.41, 5.74) is 12.3. The number of hydrogen-bond acceptors (Lipinski definition) is 4. The molecule has 2 rings (SSSR count). The molecular weight excluding hydrogens is 268 g/mol. The molecule has 0 bridgehead atoms. The summed E-state index contributed by atoms with van der Waals surface area (Å²) >= 11 is 0. The van der Waals surface area contributed by atoms with Gasteiger partial charge < -0.3 is 20.9 Å². The van der Waals surface area contributed by atoms with Gasteiger partial charge in [0.1, 0.15) is 0 Å². The topological polar surface area (TPSA) is 87.6 Å². The highest BCUT2D eigenvalue weighted by atomic mass is 16.5. The molecule has 116 valence electrons. The van der Waals surface area contributed by atoms with E-state index in [4.69, 9.17) is 20.9 Å². The van der Waals surface area contributed by atoms with E-state index in [-0.39, 0.29) is 17.4 Å². The van der Waals surface area contributed by atoms with Crippen molar-refractivity contribution in [2.24, 2.45) is 16.9 Å². The quantitative estimate of drug-likeness (QED) is 0.870. The number of nitrogens with two attached hydrogens (primary N) is 2. The minimum absolute atomic E-state index is 0.170. The Morgan fingerprint density at radius 1 is 1.29 bits per heavy atom. The average molecular weight is 292 g/mol. The largest absolute Gasteiger partial charge is 0.490 e. The van der Waals surface area contributed by atoms with E-state index in [1.807, 2.05) is 32.0 Å². The zero-order valence-electron chi connectivity index (χ0n) is 12.7. The predicted octanol–water partition coefficient (Wildman–Crippen LogP) is 2.14. The number of ether oxygens (including phenoxy) is 2. The third-order valence-electron chi connectivity index (χ3n) is 3.63. The molecule has 1 aromatic carbocycles. The van der Waals surface area contributed by atoms with Crippen LogP contribution in [0.4, 0.5) is 0 Å². The predicted molar refractivity (Wildman–Crippen MR) is 81.2 cm³/mol. The van der Waals surface area contributed by atoms with Crippen LogP contribution >= 0.6 is 0 Å². The third kappa shape index (κ3) is 4.36. The number of benzene rings is 1. The van der Waals surface area contributed by atoms with Crippen molar-refractivity contribution in [3.63, 3.8) is 0 Å². The van der Waals surface area contributed by atoms with E-state index in [1.165, 1.54) is 0 Å². The van der Waals surface area contributed by atoms with Gasteiger partial charge in [-0.25, -0.2) is 0 Å². The zero-order chi connectivity index (χ0) is 15.5. The molecule has 21 heavy (non-hydrogen) atoms. The first kappa shape index (κ1) is 15.6. The van der Waals surface area contributed by atoms with E-state index in [1.54, 1.807) is 0 Å². The fraction of sp³-hybridized carbons (Fsp3) is 0.562. The van der Waals surface area contributed by atoms with Gasteiger partial charge in [-0.2, -0.15) is 0 Å². The fourth-order valence-corrected chi connectivity index (χ4v) is 2.67. The maximum Gasteiger partial charge on any atom is 0.217 e. The van der Waals surface area contributed by atoms with Crippen molar-refractivity contribution in [2.75, 3.05) is 13.2 Å². The molecule has 1 aliphatic heterocycles. The molecule has 5 heteroatoms. The molecular formula is C16H24N2O3. The van der Waals surface area contributed by atoms with Gasteiger partial charge in [-0.1, -0.05) is 19.9 Å². The van der Waals surface area contributed by atoms with E-state index in [0.29, 0.717) is 26.1 Å². The van der Waals surface area contributed by atoms with Gasteiger partial charge >= 0.3 is 0 Å². The summed E-state index contributed by atoms with van der Waals surface area (Å²) in [6, 6.07) is 5.62. The highest BCUT2D eigenvalue weighted by Gasteiger charge is 2.25. The monoisotopic (exact) mass is 292 g/mol. The first-order valence-electron chi connectivity index (χ1n) is 7.31. The summed E-state index contributed by atoms with van der Waals surface area (Å²) < 4.78 is 11.3. The Morgan fingerprint density at radius 3 is 2.62 bits per heavy atom. The fourth-order valence-electron chi connectivity index (χ4n) is 2.67. The summed E-state index contributed by atoms with van der Waals surface area (Å²) in [6.07, 6.45) is 1.88. The lowest BCUT2D eigenvalue weighted by atomic mass is 9.81. The Bertz CT molecular complexity index is 514. The molecule has 0 aliphatic carbocycles. The lowest BCUT2D eigenvalue weighted by molar-refractivity contribution is -0.120. The molecule has 0 saturated heterocycles. The highest BCUT2D eigenvalue weighted by Crippen LogP contribution is 2.36. The van der Waals surface area contributed by atoms with Crippen LogP contribution in [0.2, 0.25) is 0 Å². The third-order valence-corrected chi connectivity index (χ3v) is 3.63. The van der Waals surface area contributed by atoms with Crippen molar-refractivity contribution >= 4 is 5.91 Å². The maximum atomic E-state index is 11.1. The van der Waals surface area contributed by atoms with Gasteiger partial charge in [0.05, 0.1) is 13.2 Å². The molecule has 4 N–H and O–H groups in total. The van der Waals surface area contributed by atoms with Crippen molar-refractivity contribution in [3.05, 3.63) is 23.8 Å². The van der Waals surface area contributed by atoms with Crippen LogP contribution in [-0.2, 0) is 4.79 Å². The molecule has 0 radical (unpaired) electrons. The number of hydrogen-bond donors (Lipinski definition) is 2. The smallest absolute Gasteiger partial charge is 0.217 e.